The lowest BCUT2D eigenvalue weighted by Crippen LogP contribution is -2.36. The number of rotatable bonds is 2. The number of carbonyl (C=O) groups is 1. The number of nitrogens with one attached hydrogen (secondary N) is 1. The van der Waals surface area contributed by atoms with Gasteiger partial charge in [0.2, 0.25) is 0 Å². The number of anilines is 1. The molecule has 0 aromatic heterocycles. The van der Waals surface area contributed by atoms with Crippen molar-refractivity contribution in [2.75, 3.05) is 5.32 Å². The van der Waals surface area contributed by atoms with Crippen molar-refractivity contribution >= 4 is 19.4 Å². The molecule has 1 aromatic rings. The molecular formula is C13H19BFNO2. The molecule has 2 radical (unpaired) electrons. The van der Waals surface area contributed by atoms with Crippen molar-refractivity contribution in [1.29, 1.82) is 0 Å². The van der Waals surface area contributed by atoms with E-state index in [-0.39, 0.29) is 13.7 Å². The first-order valence-electron chi connectivity index (χ1n) is 6.15. The summed E-state index contributed by atoms with van der Waals surface area (Å²) in [4.78, 5) is 11.5. The van der Waals surface area contributed by atoms with Crippen LogP contribution in [0.25, 0.3) is 0 Å². The van der Waals surface area contributed by atoms with E-state index in [1.807, 2.05) is 20.8 Å². The van der Waals surface area contributed by atoms with Crippen LogP contribution in [-0.2, 0) is 11.1 Å². The monoisotopic (exact) mass is 251 g/mol. The zero-order valence-electron chi connectivity index (χ0n) is 10.9. The quantitative estimate of drug-likeness (QED) is 0.820. The summed E-state index contributed by atoms with van der Waals surface area (Å²) in [6, 6.07) is 2.77. The Balaban J connectivity index is 0.00000103. The van der Waals surface area contributed by atoms with Crippen LogP contribution in [0.3, 0.4) is 0 Å². The van der Waals surface area contributed by atoms with E-state index in [1.165, 1.54) is 12.1 Å². The molecule has 1 unspecified atom stereocenters. The Morgan fingerprint density at radius 2 is 2.17 bits per heavy atom. The van der Waals surface area contributed by atoms with Crippen LogP contribution < -0.4 is 10.1 Å². The molecule has 1 aliphatic rings. The van der Waals surface area contributed by atoms with E-state index in [9.17, 15) is 9.18 Å². The zero-order valence-corrected chi connectivity index (χ0v) is 10.9. The summed E-state index contributed by atoms with van der Waals surface area (Å²) < 4.78 is 18.8. The molecule has 0 saturated carbocycles. The van der Waals surface area contributed by atoms with Crippen LogP contribution >= 0.6 is 0 Å². The number of fused-ring (bicyclic) bond motifs is 1. The van der Waals surface area contributed by atoms with E-state index < -0.39 is 11.9 Å². The third-order valence-electron chi connectivity index (χ3n) is 2.56. The topological polar surface area (TPSA) is 38.3 Å². The molecule has 0 saturated heterocycles. The molecule has 1 heterocycles. The van der Waals surface area contributed by atoms with E-state index in [0.29, 0.717) is 23.4 Å². The highest BCUT2D eigenvalue weighted by Gasteiger charge is 2.26. The molecule has 5 heteroatoms. The van der Waals surface area contributed by atoms with Crippen molar-refractivity contribution in [2.24, 2.45) is 0 Å². The van der Waals surface area contributed by atoms with Crippen molar-refractivity contribution in [1.82, 2.24) is 0 Å². The predicted octanol–water partition coefficient (Wildman–Crippen LogP) is 2.88. The molecule has 1 atom stereocenters. The van der Waals surface area contributed by atoms with Gasteiger partial charge < -0.3 is 10.1 Å². The highest BCUT2D eigenvalue weighted by molar-refractivity contribution is 6.08. The molecule has 3 nitrogen and oxygen atoms in total. The number of hydrogen-bond acceptors (Lipinski definition) is 2. The lowest BCUT2D eigenvalue weighted by molar-refractivity contribution is -0.123. The van der Waals surface area contributed by atoms with E-state index in [1.54, 1.807) is 0 Å². The van der Waals surface area contributed by atoms with E-state index in [2.05, 4.69) is 5.32 Å². The Kier molecular flexibility index (Phi) is 5.19. The minimum absolute atomic E-state index is 0. The van der Waals surface area contributed by atoms with Gasteiger partial charge in [0.25, 0.3) is 5.91 Å². The fourth-order valence-corrected chi connectivity index (χ4v) is 1.64. The fourth-order valence-electron chi connectivity index (χ4n) is 1.64. The van der Waals surface area contributed by atoms with Crippen LogP contribution in [0.2, 0.25) is 0 Å². The van der Waals surface area contributed by atoms with E-state index in [0.717, 1.165) is 0 Å². The second-order valence-corrected chi connectivity index (χ2v) is 3.65. The Hall–Kier alpha value is -1.52. The van der Waals surface area contributed by atoms with Gasteiger partial charge in [-0.3, -0.25) is 4.79 Å². The lowest BCUT2D eigenvalue weighted by atomic mass is 9.95. The van der Waals surface area contributed by atoms with Crippen LogP contribution in [0.15, 0.2) is 12.1 Å². The molecule has 0 fully saturated rings. The maximum absolute atomic E-state index is 13.4. The van der Waals surface area contributed by atoms with E-state index >= 15 is 0 Å². The Labute approximate surface area is 110 Å². The SMILES string of the molecule is CC.[B]Cc1cc2c(cc1F)OC(CC)C(=O)N2.[HH]. The molecule has 1 aromatic carbocycles. The number of halogens is 1. The largest absolute Gasteiger partial charge is 0.478 e. The third kappa shape index (κ3) is 2.83. The zero-order chi connectivity index (χ0) is 13.7. The van der Waals surface area contributed by atoms with Crippen LogP contribution in [0.5, 0.6) is 5.75 Å². The number of carbonyl (C=O) groups excluding carboxylic acids is 1. The van der Waals surface area contributed by atoms with Gasteiger partial charge in [-0.2, -0.15) is 0 Å². The first kappa shape index (κ1) is 14.5. The van der Waals surface area contributed by atoms with Gasteiger partial charge in [0.1, 0.15) is 11.6 Å². The number of amides is 1. The summed E-state index contributed by atoms with van der Waals surface area (Å²) in [6.07, 6.45) is 0.0909. The van der Waals surface area contributed by atoms with Crippen molar-refractivity contribution in [3.63, 3.8) is 0 Å². The van der Waals surface area contributed by atoms with Crippen LogP contribution in [-0.4, -0.2) is 19.9 Å². The maximum Gasteiger partial charge on any atom is 0.265 e. The standard InChI is InChI=1S/C11H11BFNO2.C2H6.H2/c1-2-9-11(15)14-8-3-6(5-12)7(13)4-10(8)16-9;1-2;/h3-4,9H,2,5H2,1H3,(H,14,15);1-2H3;1H. The number of benzene rings is 1. The molecule has 1 N–H and O–H groups in total. The second kappa shape index (κ2) is 6.43. The second-order valence-electron chi connectivity index (χ2n) is 3.65. The summed E-state index contributed by atoms with van der Waals surface area (Å²) in [5.74, 6) is -0.252. The molecular weight excluding hydrogens is 232 g/mol. The fraction of sp³-hybridized carbons (Fsp3) is 0.462. The van der Waals surface area contributed by atoms with Gasteiger partial charge in [0.05, 0.1) is 13.5 Å². The van der Waals surface area contributed by atoms with Gasteiger partial charge in [-0.1, -0.05) is 27.1 Å². The summed E-state index contributed by atoms with van der Waals surface area (Å²) in [5, 5.41) is 2.68. The first-order valence-corrected chi connectivity index (χ1v) is 6.15. The van der Waals surface area contributed by atoms with E-state index in [4.69, 9.17) is 12.6 Å². The molecule has 18 heavy (non-hydrogen) atoms. The number of hydrogen-bond donors (Lipinski definition) is 1. The van der Waals surface area contributed by atoms with Crippen molar-refractivity contribution in [3.05, 3.63) is 23.5 Å². The minimum Gasteiger partial charge on any atom is -0.478 e. The highest BCUT2D eigenvalue weighted by Crippen LogP contribution is 2.32. The first-order chi connectivity index (χ1) is 8.65. The van der Waals surface area contributed by atoms with Gasteiger partial charge in [-0.15, -0.1) is 0 Å². The summed E-state index contributed by atoms with van der Waals surface area (Å²) in [7, 11) is 5.38. The van der Waals surface area contributed by atoms with Crippen LogP contribution in [0.4, 0.5) is 10.1 Å². The summed E-state index contributed by atoms with van der Waals surface area (Å²) in [5.41, 5.74) is 0.842. The Morgan fingerprint density at radius 3 is 2.72 bits per heavy atom. The average molecular weight is 251 g/mol. The van der Waals surface area contributed by atoms with Crippen molar-refractivity contribution in [3.8, 4) is 5.75 Å². The van der Waals surface area contributed by atoms with Gasteiger partial charge in [0, 0.05) is 7.49 Å². The average Bonchev–Trinajstić information content (AvgIpc) is 2.40. The van der Waals surface area contributed by atoms with Crippen LogP contribution in [0, 0.1) is 5.82 Å². The molecule has 1 aliphatic heterocycles. The van der Waals surface area contributed by atoms with Crippen molar-refractivity contribution < 1.29 is 15.3 Å². The minimum atomic E-state index is -0.546. The molecule has 98 valence electrons. The van der Waals surface area contributed by atoms with Crippen molar-refractivity contribution in [2.45, 2.75) is 39.6 Å². The molecule has 1 amide bonds. The summed E-state index contributed by atoms with van der Waals surface area (Å²) in [6.45, 7) is 5.83. The molecule has 2 rings (SSSR count). The molecule has 0 aliphatic carbocycles. The number of ether oxygens (including phenoxy) is 1. The molecule has 0 spiro atoms. The molecule has 0 bridgehead atoms. The third-order valence-corrected chi connectivity index (χ3v) is 2.56. The summed E-state index contributed by atoms with van der Waals surface area (Å²) >= 11 is 0. The van der Waals surface area contributed by atoms with Gasteiger partial charge in [-0.25, -0.2) is 4.39 Å². The van der Waals surface area contributed by atoms with Gasteiger partial charge >= 0.3 is 0 Å². The highest BCUT2D eigenvalue weighted by atomic mass is 19.1. The normalized spacial score (nSPS) is 16.9. The van der Waals surface area contributed by atoms with Crippen LogP contribution in [0.1, 0.15) is 34.2 Å². The Morgan fingerprint density at radius 1 is 1.50 bits per heavy atom. The lowest BCUT2D eigenvalue weighted by Gasteiger charge is -2.25. The van der Waals surface area contributed by atoms with Gasteiger partial charge in [-0.05, 0) is 18.1 Å². The smallest absolute Gasteiger partial charge is 0.265 e. The van der Waals surface area contributed by atoms with Gasteiger partial charge in [0.15, 0.2) is 6.10 Å². The predicted molar refractivity (Wildman–Crippen MR) is 72.7 cm³/mol. The maximum atomic E-state index is 13.4. The Bertz CT molecular complexity index is 443.